The van der Waals surface area contributed by atoms with Gasteiger partial charge in [0.15, 0.2) is 0 Å². The molecule has 3 rings (SSSR count). The zero-order valence-corrected chi connectivity index (χ0v) is 25.9. The molecule has 1 heterocycles. The average Bonchev–Trinajstić information content (AvgIpc) is 2.95. The number of benzene rings is 2. The van der Waals surface area contributed by atoms with Crippen LogP contribution in [-0.2, 0) is 32.0 Å². The third-order valence-corrected chi connectivity index (χ3v) is 7.75. The number of carbonyl (C=O) groups excluding carboxylic acids is 4. The number of nitrogens with one attached hydrogen (secondary N) is 3. The summed E-state index contributed by atoms with van der Waals surface area (Å²) in [5, 5.41) is 8.77. The molecule has 0 radical (unpaired) electrons. The number of alkyl carbamates (subject to hydrolysis) is 1. The van der Waals surface area contributed by atoms with E-state index >= 15 is 0 Å². The van der Waals surface area contributed by atoms with Crippen molar-refractivity contribution in [2.24, 2.45) is 5.41 Å². The molecule has 1 saturated heterocycles. The molecule has 0 aromatic heterocycles. The van der Waals surface area contributed by atoms with Crippen LogP contribution in [0.25, 0.3) is 0 Å². The Labute approximate surface area is 256 Å². The van der Waals surface area contributed by atoms with E-state index in [4.69, 9.17) is 32.7 Å². The van der Waals surface area contributed by atoms with Gasteiger partial charge in [-0.1, -0.05) is 54.4 Å². The lowest BCUT2D eigenvalue weighted by Gasteiger charge is -2.40. The fraction of sp³-hybridized carbons (Fsp3) is 0.467. The van der Waals surface area contributed by atoms with Crippen molar-refractivity contribution in [2.75, 3.05) is 31.6 Å². The zero-order chi connectivity index (χ0) is 30.9. The first-order valence-electron chi connectivity index (χ1n) is 13.8. The highest BCUT2D eigenvalue weighted by atomic mass is 35.5. The van der Waals surface area contributed by atoms with E-state index in [1.165, 1.54) is 0 Å². The van der Waals surface area contributed by atoms with E-state index in [2.05, 4.69) is 16.0 Å². The normalized spacial score (nSPS) is 14.5. The number of amides is 4. The van der Waals surface area contributed by atoms with Gasteiger partial charge in [0.2, 0.25) is 11.8 Å². The van der Waals surface area contributed by atoms with Crippen molar-refractivity contribution >= 4 is 52.9 Å². The number of hydrogen-bond donors (Lipinski definition) is 3. The number of likely N-dealkylation sites (tertiary alicyclic amines) is 1. The van der Waals surface area contributed by atoms with Gasteiger partial charge in [0.25, 0.3) is 0 Å². The largest absolute Gasteiger partial charge is 0.448 e. The first-order valence-corrected chi connectivity index (χ1v) is 14.6. The van der Waals surface area contributed by atoms with Gasteiger partial charge in [0.05, 0.1) is 15.5 Å². The van der Waals surface area contributed by atoms with Gasteiger partial charge in [0, 0.05) is 25.3 Å². The van der Waals surface area contributed by atoms with Crippen LogP contribution >= 0.6 is 23.2 Å². The maximum atomic E-state index is 13.6. The van der Waals surface area contributed by atoms with E-state index in [1.54, 1.807) is 56.0 Å². The molecule has 1 aliphatic rings. The van der Waals surface area contributed by atoms with Crippen LogP contribution in [0, 0.1) is 5.41 Å². The summed E-state index contributed by atoms with van der Waals surface area (Å²) in [5.74, 6) is -0.646. The van der Waals surface area contributed by atoms with E-state index in [0.29, 0.717) is 21.3 Å². The molecule has 0 atom stereocenters. The summed E-state index contributed by atoms with van der Waals surface area (Å²) in [6, 6.07) is 12.5. The lowest BCUT2D eigenvalue weighted by Crippen LogP contribution is -2.53. The molecule has 0 saturated carbocycles. The van der Waals surface area contributed by atoms with Gasteiger partial charge < -0.3 is 25.0 Å². The summed E-state index contributed by atoms with van der Waals surface area (Å²) >= 11 is 12.4. The minimum Gasteiger partial charge on any atom is -0.448 e. The highest BCUT2D eigenvalue weighted by Gasteiger charge is 2.43. The Morgan fingerprint density at radius 1 is 0.952 bits per heavy atom. The Balaban J connectivity index is 1.65. The molecule has 12 heteroatoms. The molecule has 2 aromatic rings. The lowest BCUT2D eigenvalue weighted by molar-refractivity contribution is -0.142. The Morgan fingerprint density at radius 3 is 2.24 bits per heavy atom. The number of rotatable bonds is 9. The first-order chi connectivity index (χ1) is 19.8. The van der Waals surface area contributed by atoms with Gasteiger partial charge >= 0.3 is 12.2 Å². The van der Waals surface area contributed by atoms with Crippen molar-refractivity contribution in [3.8, 4) is 0 Å². The monoisotopic (exact) mass is 620 g/mol. The predicted octanol–water partition coefficient (Wildman–Crippen LogP) is 5.55. The topological polar surface area (TPSA) is 126 Å². The number of carbonyl (C=O) groups is 4. The van der Waals surface area contributed by atoms with E-state index in [9.17, 15) is 19.2 Å². The third kappa shape index (κ3) is 9.52. The SMILES string of the molecule is CCc1ccc(NC(=O)OCC2(C(=O)NCc3cccc(Cl)c3Cl)CCN(C(=O)CNC(=O)OC(C)(C)C)CC2)cc1. The van der Waals surface area contributed by atoms with Crippen LogP contribution in [0.3, 0.4) is 0 Å². The molecule has 1 aliphatic heterocycles. The second-order valence-corrected chi connectivity index (χ2v) is 11.9. The van der Waals surface area contributed by atoms with Crippen LogP contribution in [0.5, 0.6) is 0 Å². The highest BCUT2D eigenvalue weighted by molar-refractivity contribution is 6.42. The number of nitrogens with zero attached hydrogens (tertiary/aromatic N) is 1. The number of hydrogen-bond acceptors (Lipinski definition) is 6. The minimum atomic E-state index is -1.09. The Kier molecular flexibility index (Phi) is 11.5. The van der Waals surface area contributed by atoms with Gasteiger partial charge in [-0.3, -0.25) is 14.9 Å². The molecule has 0 aliphatic carbocycles. The van der Waals surface area contributed by atoms with Crippen LogP contribution in [0.4, 0.5) is 15.3 Å². The van der Waals surface area contributed by atoms with E-state index in [-0.39, 0.29) is 57.4 Å². The second kappa shape index (κ2) is 14.6. The molecule has 3 N–H and O–H groups in total. The van der Waals surface area contributed by atoms with Gasteiger partial charge in [-0.15, -0.1) is 0 Å². The zero-order valence-electron chi connectivity index (χ0n) is 24.4. The third-order valence-electron chi connectivity index (χ3n) is 6.90. The number of anilines is 1. The van der Waals surface area contributed by atoms with Crippen LogP contribution in [0.2, 0.25) is 10.0 Å². The molecule has 0 unspecified atom stereocenters. The molecular weight excluding hydrogens is 583 g/mol. The summed E-state index contributed by atoms with van der Waals surface area (Å²) in [7, 11) is 0. The van der Waals surface area contributed by atoms with Crippen molar-refractivity contribution < 1.29 is 28.7 Å². The van der Waals surface area contributed by atoms with Crippen LogP contribution in [-0.4, -0.2) is 60.7 Å². The van der Waals surface area contributed by atoms with Crippen LogP contribution in [0.15, 0.2) is 42.5 Å². The van der Waals surface area contributed by atoms with Crippen molar-refractivity contribution in [3.05, 3.63) is 63.6 Å². The maximum absolute atomic E-state index is 13.6. The Morgan fingerprint density at radius 2 is 1.62 bits per heavy atom. The van der Waals surface area contributed by atoms with Crippen LogP contribution < -0.4 is 16.0 Å². The molecule has 0 bridgehead atoms. The number of piperidine rings is 1. The van der Waals surface area contributed by atoms with Gasteiger partial charge in [0.1, 0.15) is 18.8 Å². The van der Waals surface area contributed by atoms with E-state index < -0.39 is 23.2 Å². The first kappa shape index (κ1) is 33.0. The average molecular weight is 622 g/mol. The van der Waals surface area contributed by atoms with Gasteiger partial charge in [-0.05, 0) is 69.4 Å². The maximum Gasteiger partial charge on any atom is 0.411 e. The second-order valence-electron chi connectivity index (χ2n) is 11.2. The minimum absolute atomic E-state index is 0.123. The smallest absolute Gasteiger partial charge is 0.411 e. The molecule has 0 spiro atoms. The summed E-state index contributed by atoms with van der Waals surface area (Å²) in [6.45, 7) is 7.37. The van der Waals surface area contributed by atoms with Crippen molar-refractivity contribution in [2.45, 2.75) is 59.1 Å². The molecule has 10 nitrogen and oxygen atoms in total. The summed E-state index contributed by atoms with van der Waals surface area (Å²) in [4.78, 5) is 52.5. The molecule has 4 amide bonds. The predicted molar refractivity (Wildman–Crippen MR) is 162 cm³/mol. The summed E-state index contributed by atoms with van der Waals surface area (Å²) < 4.78 is 10.7. The van der Waals surface area contributed by atoms with Crippen LogP contribution in [0.1, 0.15) is 51.7 Å². The summed E-state index contributed by atoms with van der Waals surface area (Å²) in [6.07, 6.45) is -0.0361. The molecule has 228 valence electrons. The van der Waals surface area contributed by atoms with Gasteiger partial charge in [-0.25, -0.2) is 9.59 Å². The quantitative estimate of drug-likeness (QED) is 0.337. The van der Waals surface area contributed by atoms with E-state index in [1.807, 2.05) is 19.1 Å². The number of aryl methyl sites for hydroxylation is 1. The fourth-order valence-electron chi connectivity index (χ4n) is 4.42. The standard InChI is InChI=1S/C30H38Cl2N4O6/c1-5-20-9-11-22(12-10-20)35-28(40)41-19-30(26(38)33-17-21-7-6-8-23(31)25(21)32)13-15-36(16-14-30)24(37)18-34-27(39)42-29(2,3)4/h6-12H,5,13-19H2,1-4H3,(H,33,38)(H,34,39)(H,35,40). The Hall–Kier alpha value is -3.50. The number of ether oxygens (including phenoxy) is 2. The van der Waals surface area contributed by atoms with Crippen molar-refractivity contribution in [1.82, 2.24) is 15.5 Å². The molecule has 42 heavy (non-hydrogen) atoms. The van der Waals surface area contributed by atoms with Crippen molar-refractivity contribution in [1.29, 1.82) is 0 Å². The van der Waals surface area contributed by atoms with E-state index in [0.717, 1.165) is 12.0 Å². The fourth-order valence-corrected chi connectivity index (χ4v) is 4.81. The van der Waals surface area contributed by atoms with Crippen molar-refractivity contribution in [3.63, 3.8) is 0 Å². The molecule has 1 fully saturated rings. The Bertz CT molecular complexity index is 1270. The molecule has 2 aromatic carbocycles. The van der Waals surface area contributed by atoms with Gasteiger partial charge in [-0.2, -0.15) is 0 Å². The lowest BCUT2D eigenvalue weighted by atomic mass is 9.78. The summed E-state index contributed by atoms with van der Waals surface area (Å²) in [5.41, 5.74) is 0.564. The highest BCUT2D eigenvalue weighted by Crippen LogP contribution is 2.33. The molecular formula is C30H38Cl2N4O6. The number of halogens is 2.